The molecule has 1 saturated heterocycles. The second-order valence-electron chi connectivity index (χ2n) is 5.12. The van der Waals surface area contributed by atoms with Crippen molar-refractivity contribution in [2.24, 2.45) is 0 Å². The van der Waals surface area contributed by atoms with E-state index >= 15 is 0 Å². The standard InChI is InChI=1S/C15H19N3O2/c1-11-3-2-4-12(9-11)5-6-14-17-15(18-20-14)13-10-19-8-7-16-13/h2-4,9,13,16H,5-8,10H2,1H3. The van der Waals surface area contributed by atoms with Crippen molar-refractivity contribution in [3.63, 3.8) is 0 Å². The molecule has 2 heterocycles. The molecule has 1 unspecified atom stereocenters. The molecular weight excluding hydrogens is 254 g/mol. The van der Waals surface area contributed by atoms with Crippen LogP contribution in [0.4, 0.5) is 0 Å². The number of nitrogens with zero attached hydrogens (tertiary/aromatic N) is 2. The first-order valence-corrected chi connectivity index (χ1v) is 7.00. The van der Waals surface area contributed by atoms with Crippen LogP contribution in [-0.4, -0.2) is 29.9 Å². The van der Waals surface area contributed by atoms with Gasteiger partial charge in [-0.25, -0.2) is 0 Å². The van der Waals surface area contributed by atoms with Crippen LogP contribution in [0.15, 0.2) is 28.8 Å². The lowest BCUT2D eigenvalue weighted by Crippen LogP contribution is -2.35. The van der Waals surface area contributed by atoms with Gasteiger partial charge >= 0.3 is 0 Å². The minimum atomic E-state index is 0.0558. The highest BCUT2D eigenvalue weighted by molar-refractivity contribution is 5.22. The molecule has 0 bridgehead atoms. The number of hydrogen-bond donors (Lipinski definition) is 1. The second-order valence-corrected chi connectivity index (χ2v) is 5.12. The summed E-state index contributed by atoms with van der Waals surface area (Å²) in [6.07, 6.45) is 1.68. The Bertz CT molecular complexity index is 562. The Morgan fingerprint density at radius 2 is 2.30 bits per heavy atom. The van der Waals surface area contributed by atoms with E-state index in [1.54, 1.807) is 0 Å². The Balaban J connectivity index is 1.59. The molecule has 5 nitrogen and oxygen atoms in total. The van der Waals surface area contributed by atoms with Gasteiger partial charge in [-0.15, -0.1) is 0 Å². The zero-order chi connectivity index (χ0) is 13.8. The quantitative estimate of drug-likeness (QED) is 0.920. The van der Waals surface area contributed by atoms with E-state index in [0.717, 1.165) is 26.0 Å². The summed E-state index contributed by atoms with van der Waals surface area (Å²) in [5, 5.41) is 7.36. The predicted octanol–water partition coefficient (Wildman–Crippen LogP) is 1.82. The summed E-state index contributed by atoms with van der Waals surface area (Å²) in [7, 11) is 0. The minimum absolute atomic E-state index is 0.0558. The van der Waals surface area contributed by atoms with E-state index in [1.165, 1.54) is 11.1 Å². The van der Waals surface area contributed by atoms with E-state index in [4.69, 9.17) is 9.26 Å². The molecule has 1 aromatic carbocycles. The maximum atomic E-state index is 5.40. The zero-order valence-electron chi connectivity index (χ0n) is 11.6. The average Bonchev–Trinajstić information content (AvgIpc) is 2.95. The van der Waals surface area contributed by atoms with Crippen molar-refractivity contribution < 1.29 is 9.26 Å². The van der Waals surface area contributed by atoms with Crippen molar-refractivity contribution in [2.45, 2.75) is 25.8 Å². The number of morpholine rings is 1. The van der Waals surface area contributed by atoms with Gasteiger partial charge in [-0.2, -0.15) is 4.98 Å². The van der Waals surface area contributed by atoms with E-state index in [-0.39, 0.29) is 6.04 Å². The molecule has 3 rings (SSSR count). The highest BCUT2D eigenvalue weighted by Gasteiger charge is 2.20. The van der Waals surface area contributed by atoms with E-state index in [0.29, 0.717) is 18.3 Å². The van der Waals surface area contributed by atoms with E-state index in [9.17, 15) is 0 Å². The molecule has 1 N–H and O–H groups in total. The van der Waals surface area contributed by atoms with Crippen molar-refractivity contribution in [1.82, 2.24) is 15.5 Å². The van der Waals surface area contributed by atoms with Gasteiger partial charge in [0, 0.05) is 13.0 Å². The fourth-order valence-corrected chi connectivity index (χ4v) is 2.36. The highest BCUT2D eigenvalue weighted by Crippen LogP contribution is 2.14. The van der Waals surface area contributed by atoms with Crippen LogP contribution < -0.4 is 5.32 Å². The highest BCUT2D eigenvalue weighted by atomic mass is 16.5. The monoisotopic (exact) mass is 273 g/mol. The molecule has 20 heavy (non-hydrogen) atoms. The number of ether oxygens (including phenoxy) is 1. The zero-order valence-corrected chi connectivity index (χ0v) is 11.6. The van der Waals surface area contributed by atoms with Gasteiger partial charge in [0.2, 0.25) is 5.89 Å². The summed E-state index contributed by atoms with van der Waals surface area (Å²) in [6, 6.07) is 8.55. The molecular formula is C15H19N3O2. The van der Waals surface area contributed by atoms with Crippen LogP contribution in [-0.2, 0) is 17.6 Å². The van der Waals surface area contributed by atoms with E-state index in [1.807, 2.05) is 0 Å². The smallest absolute Gasteiger partial charge is 0.227 e. The summed E-state index contributed by atoms with van der Waals surface area (Å²) < 4.78 is 10.7. The molecule has 0 saturated carbocycles. The SMILES string of the molecule is Cc1cccc(CCc2nc(C3COCCN3)no2)c1. The molecule has 0 spiro atoms. The van der Waals surface area contributed by atoms with Crippen molar-refractivity contribution >= 4 is 0 Å². The van der Waals surface area contributed by atoms with Gasteiger partial charge in [-0.3, -0.25) is 0 Å². The summed E-state index contributed by atoms with van der Waals surface area (Å²) in [5.41, 5.74) is 2.57. The summed E-state index contributed by atoms with van der Waals surface area (Å²) in [5.74, 6) is 1.39. The first-order valence-electron chi connectivity index (χ1n) is 7.00. The van der Waals surface area contributed by atoms with Crippen LogP contribution in [0.3, 0.4) is 0 Å². The molecule has 106 valence electrons. The van der Waals surface area contributed by atoms with Gasteiger partial charge < -0.3 is 14.6 Å². The fourth-order valence-electron chi connectivity index (χ4n) is 2.36. The molecule has 0 aliphatic carbocycles. The third-order valence-electron chi connectivity index (χ3n) is 3.43. The molecule has 1 atom stereocenters. The second kappa shape index (κ2) is 6.15. The maximum Gasteiger partial charge on any atom is 0.227 e. The third kappa shape index (κ3) is 3.23. The van der Waals surface area contributed by atoms with Gasteiger partial charge in [0.15, 0.2) is 5.82 Å². The summed E-state index contributed by atoms with van der Waals surface area (Å²) in [4.78, 5) is 4.45. The van der Waals surface area contributed by atoms with Crippen molar-refractivity contribution in [3.8, 4) is 0 Å². The Morgan fingerprint density at radius 3 is 3.10 bits per heavy atom. The largest absolute Gasteiger partial charge is 0.378 e. The van der Waals surface area contributed by atoms with Gasteiger partial charge in [0.25, 0.3) is 0 Å². The van der Waals surface area contributed by atoms with Gasteiger partial charge in [-0.05, 0) is 18.9 Å². The topological polar surface area (TPSA) is 60.2 Å². The lowest BCUT2D eigenvalue weighted by Gasteiger charge is -2.20. The van der Waals surface area contributed by atoms with Crippen molar-refractivity contribution in [3.05, 3.63) is 47.1 Å². The molecule has 1 fully saturated rings. The number of nitrogens with one attached hydrogen (secondary N) is 1. The Kier molecular flexibility index (Phi) is 4.08. The number of aromatic nitrogens is 2. The molecule has 1 aromatic heterocycles. The number of benzene rings is 1. The molecule has 5 heteroatoms. The first-order chi connectivity index (χ1) is 9.81. The number of rotatable bonds is 4. The van der Waals surface area contributed by atoms with E-state index in [2.05, 4.69) is 46.6 Å². The third-order valence-corrected chi connectivity index (χ3v) is 3.43. The molecule has 1 aliphatic rings. The van der Waals surface area contributed by atoms with Crippen LogP contribution in [0.5, 0.6) is 0 Å². The van der Waals surface area contributed by atoms with Crippen LogP contribution in [0, 0.1) is 6.92 Å². The van der Waals surface area contributed by atoms with Gasteiger partial charge in [0.05, 0.1) is 19.3 Å². The van der Waals surface area contributed by atoms with Crippen molar-refractivity contribution in [1.29, 1.82) is 0 Å². The Labute approximate surface area is 118 Å². The minimum Gasteiger partial charge on any atom is -0.378 e. The van der Waals surface area contributed by atoms with Crippen LogP contribution in [0.1, 0.15) is 28.9 Å². The predicted molar refractivity (Wildman–Crippen MR) is 74.4 cm³/mol. The van der Waals surface area contributed by atoms with Crippen LogP contribution in [0.25, 0.3) is 0 Å². The summed E-state index contributed by atoms with van der Waals surface area (Å²) in [6.45, 7) is 4.28. The van der Waals surface area contributed by atoms with Crippen LogP contribution in [0.2, 0.25) is 0 Å². The molecule has 0 amide bonds. The van der Waals surface area contributed by atoms with Gasteiger partial charge in [0.1, 0.15) is 0 Å². The van der Waals surface area contributed by atoms with Crippen LogP contribution >= 0.6 is 0 Å². The van der Waals surface area contributed by atoms with Gasteiger partial charge in [-0.1, -0.05) is 35.0 Å². The maximum absolute atomic E-state index is 5.40. The first kappa shape index (κ1) is 13.3. The number of aryl methyl sites for hydroxylation is 3. The normalized spacial score (nSPS) is 19.1. The Morgan fingerprint density at radius 1 is 1.35 bits per heavy atom. The van der Waals surface area contributed by atoms with E-state index < -0.39 is 0 Å². The lowest BCUT2D eigenvalue weighted by atomic mass is 10.1. The molecule has 0 radical (unpaired) electrons. The van der Waals surface area contributed by atoms with Crippen molar-refractivity contribution in [2.75, 3.05) is 19.8 Å². The summed E-state index contributed by atoms with van der Waals surface area (Å²) >= 11 is 0. The Hall–Kier alpha value is -1.72. The number of hydrogen-bond acceptors (Lipinski definition) is 5. The molecule has 2 aromatic rings. The molecule has 1 aliphatic heterocycles. The lowest BCUT2D eigenvalue weighted by molar-refractivity contribution is 0.0734. The fraction of sp³-hybridized carbons (Fsp3) is 0.467. The average molecular weight is 273 g/mol.